The Kier molecular flexibility index (Phi) is 3.13. The average Bonchev–Trinajstić information content (AvgIpc) is 1.98. The SMILES string of the molecule is CCCC1=C(C)CCC(O)C1. The molecule has 1 N–H and O–H groups in total. The topological polar surface area (TPSA) is 20.2 Å². The van der Waals surface area contributed by atoms with Gasteiger partial charge >= 0.3 is 0 Å². The monoisotopic (exact) mass is 154 g/mol. The highest BCUT2D eigenvalue weighted by molar-refractivity contribution is 5.16. The lowest BCUT2D eigenvalue weighted by atomic mass is 9.88. The summed E-state index contributed by atoms with van der Waals surface area (Å²) in [6, 6.07) is 0. The minimum absolute atomic E-state index is 0.0553. The zero-order chi connectivity index (χ0) is 8.27. The van der Waals surface area contributed by atoms with E-state index < -0.39 is 0 Å². The Balaban J connectivity index is 2.56. The van der Waals surface area contributed by atoms with Crippen LogP contribution in [0.1, 0.15) is 46.0 Å². The number of aliphatic hydroxyl groups excluding tert-OH is 1. The van der Waals surface area contributed by atoms with Gasteiger partial charge in [0.05, 0.1) is 6.10 Å². The molecule has 0 aliphatic heterocycles. The summed E-state index contributed by atoms with van der Waals surface area (Å²) >= 11 is 0. The molecule has 0 aromatic carbocycles. The van der Waals surface area contributed by atoms with E-state index in [2.05, 4.69) is 13.8 Å². The van der Waals surface area contributed by atoms with Crippen LogP contribution >= 0.6 is 0 Å². The van der Waals surface area contributed by atoms with Crippen molar-refractivity contribution < 1.29 is 5.11 Å². The lowest BCUT2D eigenvalue weighted by Crippen LogP contribution is -2.13. The molecule has 1 unspecified atom stereocenters. The van der Waals surface area contributed by atoms with Gasteiger partial charge in [0.25, 0.3) is 0 Å². The van der Waals surface area contributed by atoms with Gasteiger partial charge in [0.2, 0.25) is 0 Å². The molecule has 0 aromatic heterocycles. The second-order valence-corrected chi connectivity index (χ2v) is 3.53. The molecule has 0 spiro atoms. The Morgan fingerprint density at radius 3 is 2.91 bits per heavy atom. The molecule has 0 bridgehead atoms. The zero-order valence-electron chi connectivity index (χ0n) is 7.56. The molecule has 0 saturated heterocycles. The van der Waals surface area contributed by atoms with Gasteiger partial charge in [-0.1, -0.05) is 24.5 Å². The molecule has 1 aliphatic carbocycles. The van der Waals surface area contributed by atoms with Crippen molar-refractivity contribution in [3.63, 3.8) is 0 Å². The van der Waals surface area contributed by atoms with Crippen molar-refractivity contribution in [3.05, 3.63) is 11.1 Å². The number of hydrogen-bond acceptors (Lipinski definition) is 1. The summed E-state index contributed by atoms with van der Waals surface area (Å²) in [7, 11) is 0. The fraction of sp³-hybridized carbons (Fsp3) is 0.800. The van der Waals surface area contributed by atoms with Crippen molar-refractivity contribution in [2.45, 2.75) is 52.1 Å². The van der Waals surface area contributed by atoms with Crippen LogP contribution in [0.2, 0.25) is 0 Å². The minimum atomic E-state index is -0.0553. The predicted molar refractivity (Wildman–Crippen MR) is 47.5 cm³/mol. The molecule has 0 radical (unpaired) electrons. The Morgan fingerprint density at radius 2 is 2.27 bits per heavy atom. The maximum absolute atomic E-state index is 9.39. The Hall–Kier alpha value is -0.300. The van der Waals surface area contributed by atoms with Crippen LogP contribution < -0.4 is 0 Å². The van der Waals surface area contributed by atoms with E-state index in [0.29, 0.717) is 0 Å². The molecule has 1 aliphatic rings. The Labute approximate surface area is 69.1 Å². The van der Waals surface area contributed by atoms with Crippen molar-refractivity contribution in [3.8, 4) is 0 Å². The second-order valence-electron chi connectivity index (χ2n) is 3.53. The van der Waals surface area contributed by atoms with Crippen molar-refractivity contribution in [1.29, 1.82) is 0 Å². The number of allylic oxidation sites excluding steroid dienone is 1. The van der Waals surface area contributed by atoms with Gasteiger partial charge in [0, 0.05) is 0 Å². The van der Waals surface area contributed by atoms with Crippen LogP contribution in [0.5, 0.6) is 0 Å². The summed E-state index contributed by atoms with van der Waals surface area (Å²) in [6.45, 7) is 4.40. The largest absolute Gasteiger partial charge is 0.393 e. The first-order valence-corrected chi connectivity index (χ1v) is 4.59. The molecule has 0 amide bonds. The van der Waals surface area contributed by atoms with Gasteiger partial charge in [-0.3, -0.25) is 0 Å². The molecule has 64 valence electrons. The van der Waals surface area contributed by atoms with E-state index in [-0.39, 0.29) is 6.10 Å². The first-order chi connectivity index (χ1) is 5.24. The van der Waals surface area contributed by atoms with Gasteiger partial charge in [0.1, 0.15) is 0 Å². The van der Waals surface area contributed by atoms with Gasteiger partial charge in [-0.05, 0) is 32.6 Å². The van der Waals surface area contributed by atoms with Gasteiger partial charge in [-0.2, -0.15) is 0 Å². The van der Waals surface area contributed by atoms with Crippen LogP contribution in [-0.4, -0.2) is 11.2 Å². The Bertz CT molecular complexity index is 158. The minimum Gasteiger partial charge on any atom is -0.393 e. The van der Waals surface area contributed by atoms with Gasteiger partial charge in [0.15, 0.2) is 0 Å². The lowest BCUT2D eigenvalue weighted by molar-refractivity contribution is 0.157. The van der Waals surface area contributed by atoms with E-state index in [1.165, 1.54) is 24.0 Å². The van der Waals surface area contributed by atoms with Crippen LogP contribution in [-0.2, 0) is 0 Å². The van der Waals surface area contributed by atoms with E-state index in [9.17, 15) is 5.11 Å². The molecule has 1 atom stereocenters. The fourth-order valence-corrected chi connectivity index (χ4v) is 1.74. The summed E-state index contributed by atoms with van der Waals surface area (Å²) in [5.41, 5.74) is 3.03. The number of hydrogen-bond donors (Lipinski definition) is 1. The maximum Gasteiger partial charge on any atom is 0.0580 e. The first kappa shape index (κ1) is 8.79. The number of rotatable bonds is 2. The quantitative estimate of drug-likeness (QED) is 0.606. The summed E-state index contributed by atoms with van der Waals surface area (Å²) in [5, 5.41) is 9.39. The van der Waals surface area contributed by atoms with E-state index in [1.807, 2.05) is 0 Å². The fourth-order valence-electron chi connectivity index (χ4n) is 1.74. The van der Waals surface area contributed by atoms with Crippen LogP contribution in [0.4, 0.5) is 0 Å². The molecule has 0 saturated carbocycles. The van der Waals surface area contributed by atoms with E-state index in [1.54, 1.807) is 0 Å². The molecule has 1 nitrogen and oxygen atoms in total. The average molecular weight is 154 g/mol. The van der Waals surface area contributed by atoms with Gasteiger partial charge < -0.3 is 5.11 Å². The molecular formula is C10H18O. The van der Waals surface area contributed by atoms with Crippen molar-refractivity contribution >= 4 is 0 Å². The van der Waals surface area contributed by atoms with Gasteiger partial charge in [-0.15, -0.1) is 0 Å². The van der Waals surface area contributed by atoms with Crippen LogP contribution in [0.15, 0.2) is 11.1 Å². The number of aliphatic hydroxyl groups is 1. The summed E-state index contributed by atoms with van der Waals surface area (Å²) in [6.07, 6.45) is 5.34. The summed E-state index contributed by atoms with van der Waals surface area (Å²) in [5.74, 6) is 0. The molecule has 1 heteroatoms. The standard InChI is InChI=1S/C10H18O/c1-3-4-9-7-10(11)6-5-8(9)2/h10-11H,3-7H2,1-2H3. The summed E-state index contributed by atoms with van der Waals surface area (Å²) < 4.78 is 0. The van der Waals surface area contributed by atoms with Crippen LogP contribution in [0, 0.1) is 0 Å². The lowest BCUT2D eigenvalue weighted by Gasteiger charge is -2.21. The first-order valence-electron chi connectivity index (χ1n) is 4.59. The third-order valence-electron chi connectivity index (χ3n) is 2.49. The van der Waals surface area contributed by atoms with E-state index >= 15 is 0 Å². The molecule has 0 heterocycles. The smallest absolute Gasteiger partial charge is 0.0580 e. The maximum atomic E-state index is 9.39. The molecule has 11 heavy (non-hydrogen) atoms. The van der Waals surface area contributed by atoms with Crippen LogP contribution in [0.25, 0.3) is 0 Å². The van der Waals surface area contributed by atoms with Gasteiger partial charge in [-0.25, -0.2) is 0 Å². The normalized spacial score (nSPS) is 25.9. The van der Waals surface area contributed by atoms with Crippen LogP contribution in [0.3, 0.4) is 0 Å². The van der Waals surface area contributed by atoms with Crippen molar-refractivity contribution in [1.82, 2.24) is 0 Å². The predicted octanol–water partition coefficient (Wildman–Crippen LogP) is 2.65. The molecule has 1 rings (SSSR count). The van der Waals surface area contributed by atoms with E-state index in [4.69, 9.17) is 0 Å². The Morgan fingerprint density at radius 1 is 1.55 bits per heavy atom. The highest BCUT2D eigenvalue weighted by Gasteiger charge is 2.15. The van der Waals surface area contributed by atoms with Crippen molar-refractivity contribution in [2.24, 2.45) is 0 Å². The highest BCUT2D eigenvalue weighted by Crippen LogP contribution is 2.27. The zero-order valence-corrected chi connectivity index (χ0v) is 7.56. The van der Waals surface area contributed by atoms with E-state index in [0.717, 1.165) is 19.3 Å². The second kappa shape index (κ2) is 3.91. The van der Waals surface area contributed by atoms with Crippen molar-refractivity contribution in [2.75, 3.05) is 0 Å². The molecular weight excluding hydrogens is 136 g/mol. The highest BCUT2D eigenvalue weighted by atomic mass is 16.3. The molecule has 0 fully saturated rings. The third-order valence-corrected chi connectivity index (χ3v) is 2.49. The molecule has 0 aromatic rings. The summed E-state index contributed by atoms with van der Waals surface area (Å²) in [4.78, 5) is 0. The third kappa shape index (κ3) is 2.33.